The van der Waals surface area contributed by atoms with E-state index in [0.29, 0.717) is 30.7 Å². The number of rotatable bonds is 4. The van der Waals surface area contributed by atoms with Crippen LogP contribution < -0.4 is 11.1 Å². The molecule has 1 fully saturated rings. The van der Waals surface area contributed by atoms with Crippen LogP contribution in [0.1, 0.15) is 18.0 Å². The molecule has 2 heterocycles. The van der Waals surface area contributed by atoms with Crippen molar-refractivity contribution in [1.29, 1.82) is 0 Å². The Labute approximate surface area is 167 Å². The molecule has 2 aromatic carbocycles. The van der Waals surface area contributed by atoms with Crippen molar-refractivity contribution in [2.75, 3.05) is 19.6 Å². The van der Waals surface area contributed by atoms with Crippen LogP contribution in [0.25, 0.3) is 11.1 Å². The number of carbonyl (C=O) groups is 1. The van der Waals surface area contributed by atoms with Crippen LogP contribution in [0.15, 0.2) is 57.7 Å². The second-order valence-electron chi connectivity index (χ2n) is 6.60. The van der Waals surface area contributed by atoms with Crippen molar-refractivity contribution >= 4 is 29.4 Å². The van der Waals surface area contributed by atoms with Gasteiger partial charge in [-0.3, -0.25) is 9.36 Å². The Morgan fingerprint density at radius 1 is 1.21 bits per heavy atom. The number of fused-ring (bicyclic) bond motifs is 1. The molecule has 0 aliphatic carbocycles. The minimum atomic E-state index is -0.467. The van der Waals surface area contributed by atoms with Crippen molar-refractivity contribution in [3.8, 4) is 0 Å². The second-order valence-corrected chi connectivity index (χ2v) is 6.60. The van der Waals surface area contributed by atoms with E-state index in [1.807, 2.05) is 12.1 Å². The summed E-state index contributed by atoms with van der Waals surface area (Å²) in [7, 11) is 0. The molecule has 6 nitrogen and oxygen atoms in total. The number of benzene rings is 2. The molecule has 1 amide bonds. The third kappa shape index (κ3) is 3.95. The van der Waals surface area contributed by atoms with E-state index in [4.69, 9.17) is 4.42 Å². The molecular weight excluding hydrogens is 385 g/mol. The Bertz CT molecular complexity index is 1030. The van der Waals surface area contributed by atoms with Gasteiger partial charge in [0.25, 0.3) is 0 Å². The topological polar surface area (TPSA) is 67.5 Å². The number of carbonyl (C=O) groups excluding carboxylic acids is 1. The van der Waals surface area contributed by atoms with Crippen LogP contribution >= 0.6 is 12.4 Å². The highest BCUT2D eigenvalue weighted by Crippen LogP contribution is 2.24. The number of piperazine rings is 1. The van der Waals surface area contributed by atoms with Gasteiger partial charge in [0, 0.05) is 32.6 Å². The van der Waals surface area contributed by atoms with E-state index in [-0.39, 0.29) is 43.1 Å². The zero-order valence-corrected chi connectivity index (χ0v) is 16.0. The van der Waals surface area contributed by atoms with Crippen LogP contribution in [-0.2, 0) is 11.3 Å². The zero-order chi connectivity index (χ0) is 18.8. The summed E-state index contributed by atoms with van der Waals surface area (Å²) in [6, 6.07) is 13.3. The summed E-state index contributed by atoms with van der Waals surface area (Å²) in [6.45, 7) is 2.05. The Hall–Kier alpha value is -2.64. The van der Waals surface area contributed by atoms with Crippen molar-refractivity contribution in [2.24, 2.45) is 0 Å². The number of hydrogen-bond donors (Lipinski definition) is 1. The molecule has 0 spiro atoms. The number of aromatic nitrogens is 1. The number of halogens is 2. The van der Waals surface area contributed by atoms with Crippen LogP contribution in [0.3, 0.4) is 0 Å². The summed E-state index contributed by atoms with van der Waals surface area (Å²) in [5, 5.41) is 3.25. The van der Waals surface area contributed by atoms with Gasteiger partial charge >= 0.3 is 5.76 Å². The number of para-hydroxylation sites is 2. The first-order chi connectivity index (χ1) is 13.1. The monoisotopic (exact) mass is 405 g/mol. The number of amides is 1. The number of oxazole rings is 1. The molecule has 0 saturated carbocycles. The fourth-order valence-corrected chi connectivity index (χ4v) is 3.59. The number of nitrogens with zero attached hydrogens (tertiary/aromatic N) is 2. The first-order valence-corrected chi connectivity index (χ1v) is 8.97. The van der Waals surface area contributed by atoms with Crippen molar-refractivity contribution in [3.05, 3.63) is 70.5 Å². The minimum absolute atomic E-state index is 0. The van der Waals surface area contributed by atoms with Crippen LogP contribution in [0.5, 0.6) is 0 Å². The summed E-state index contributed by atoms with van der Waals surface area (Å²) in [6.07, 6.45) is 0.176. The maximum Gasteiger partial charge on any atom is 0.419 e. The highest BCUT2D eigenvalue weighted by molar-refractivity contribution is 5.85. The predicted octanol–water partition coefficient (Wildman–Crippen LogP) is 2.72. The maximum atomic E-state index is 13.6. The van der Waals surface area contributed by atoms with Crippen molar-refractivity contribution in [3.63, 3.8) is 0 Å². The standard InChI is InChI=1S/C20H20FN3O3.ClH/c21-15-5-3-4-14(12-15)17-13-22-9-11-23(17)19(25)8-10-24-16-6-1-2-7-18(16)27-20(24)26;/h1-7,12,17,22H,8-11,13H2;1H. The largest absolute Gasteiger partial charge is 0.419 e. The average Bonchev–Trinajstić information content (AvgIpc) is 3.01. The van der Waals surface area contributed by atoms with E-state index in [1.165, 1.54) is 16.7 Å². The van der Waals surface area contributed by atoms with Gasteiger partial charge in [-0.15, -0.1) is 12.4 Å². The first kappa shape index (κ1) is 20.1. The van der Waals surface area contributed by atoms with E-state index in [1.54, 1.807) is 29.2 Å². The van der Waals surface area contributed by atoms with Crippen molar-refractivity contribution in [1.82, 2.24) is 14.8 Å². The lowest BCUT2D eigenvalue weighted by molar-refractivity contribution is -0.134. The molecule has 3 aromatic rings. The summed E-state index contributed by atoms with van der Waals surface area (Å²) in [4.78, 5) is 26.7. The van der Waals surface area contributed by atoms with Crippen LogP contribution in [0.4, 0.5) is 4.39 Å². The molecule has 1 aliphatic heterocycles. The molecule has 0 bridgehead atoms. The lowest BCUT2D eigenvalue weighted by atomic mass is 10.0. The van der Waals surface area contributed by atoms with E-state index >= 15 is 0 Å². The zero-order valence-electron chi connectivity index (χ0n) is 15.1. The quantitative estimate of drug-likeness (QED) is 0.724. The van der Waals surface area contributed by atoms with Crippen molar-refractivity contribution in [2.45, 2.75) is 19.0 Å². The Kier molecular flexibility index (Phi) is 6.16. The van der Waals surface area contributed by atoms with Gasteiger partial charge in [-0.2, -0.15) is 0 Å². The highest BCUT2D eigenvalue weighted by Gasteiger charge is 2.28. The Balaban J connectivity index is 0.00000225. The Morgan fingerprint density at radius 2 is 2.04 bits per heavy atom. The third-order valence-corrected chi connectivity index (χ3v) is 4.92. The first-order valence-electron chi connectivity index (χ1n) is 8.97. The summed E-state index contributed by atoms with van der Waals surface area (Å²) in [5.41, 5.74) is 1.95. The maximum absolute atomic E-state index is 13.6. The Morgan fingerprint density at radius 3 is 2.86 bits per heavy atom. The van der Waals surface area contributed by atoms with Gasteiger partial charge in [0.2, 0.25) is 5.91 Å². The van der Waals surface area contributed by atoms with Gasteiger partial charge in [-0.25, -0.2) is 9.18 Å². The molecule has 1 atom stereocenters. The molecule has 8 heteroatoms. The molecule has 1 aromatic heterocycles. The normalized spacial score (nSPS) is 16.8. The lowest BCUT2D eigenvalue weighted by Crippen LogP contribution is -2.49. The minimum Gasteiger partial charge on any atom is -0.408 e. The average molecular weight is 406 g/mol. The molecule has 148 valence electrons. The van der Waals surface area contributed by atoms with Gasteiger partial charge in [-0.1, -0.05) is 24.3 Å². The van der Waals surface area contributed by atoms with Gasteiger partial charge in [0.1, 0.15) is 5.82 Å². The van der Waals surface area contributed by atoms with Gasteiger partial charge in [-0.05, 0) is 29.8 Å². The molecule has 28 heavy (non-hydrogen) atoms. The summed E-state index contributed by atoms with van der Waals surface area (Å²) in [5.74, 6) is -0.851. The fraction of sp³-hybridized carbons (Fsp3) is 0.300. The summed E-state index contributed by atoms with van der Waals surface area (Å²) < 4.78 is 20.3. The number of nitrogens with one attached hydrogen (secondary N) is 1. The molecular formula is C20H21ClFN3O3. The highest BCUT2D eigenvalue weighted by atomic mass is 35.5. The van der Waals surface area contributed by atoms with Crippen LogP contribution in [0, 0.1) is 5.82 Å². The predicted molar refractivity (Wildman–Crippen MR) is 106 cm³/mol. The molecule has 1 aliphatic rings. The number of hydrogen-bond acceptors (Lipinski definition) is 4. The van der Waals surface area contributed by atoms with E-state index in [2.05, 4.69) is 5.32 Å². The summed E-state index contributed by atoms with van der Waals surface area (Å²) >= 11 is 0. The second kappa shape index (κ2) is 8.58. The smallest absolute Gasteiger partial charge is 0.408 e. The van der Waals surface area contributed by atoms with Crippen LogP contribution in [-0.4, -0.2) is 35.0 Å². The van der Waals surface area contributed by atoms with Crippen molar-refractivity contribution < 1.29 is 13.6 Å². The lowest BCUT2D eigenvalue weighted by Gasteiger charge is -2.36. The van der Waals surface area contributed by atoms with Gasteiger partial charge in [0.05, 0.1) is 11.6 Å². The SMILES string of the molecule is Cl.O=C(CCn1c(=O)oc2ccccc21)N1CCNCC1c1cccc(F)c1. The van der Waals surface area contributed by atoms with Gasteiger partial charge in [0.15, 0.2) is 5.58 Å². The van der Waals surface area contributed by atoms with E-state index in [9.17, 15) is 14.0 Å². The molecule has 0 radical (unpaired) electrons. The van der Waals surface area contributed by atoms with Gasteiger partial charge < -0.3 is 14.6 Å². The molecule has 1 N–H and O–H groups in total. The molecule has 1 saturated heterocycles. The molecule has 4 rings (SSSR count). The number of aryl methyl sites for hydroxylation is 1. The molecule has 1 unspecified atom stereocenters. The fourth-order valence-electron chi connectivity index (χ4n) is 3.59. The third-order valence-electron chi connectivity index (χ3n) is 4.92. The van der Waals surface area contributed by atoms with Crippen LogP contribution in [0.2, 0.25) is 0 Å². The van der Waals surface area contributed by atoms with E-state index in [0.717, 1.165) is 5.56 Å². The van der Waals surface area contributed by atoms with E-state index < -0.39 is 5.76 Å².